The minimum atomic E-state index is -6.99. The van der Waals surface area contributed by atoms with Gasteiger partial charge in [-0.2, -0.15) is 43.9 Å². The van der Waals surface area contributed by atoms with Crippen LogP contribution < -0.4 is 0 Å². The Bertz CT molecular complexity index is 298. The first-order chi connectivity index (χ1) is 7.46. The van der Waals surface area contributed by atoms with E-state index in [9.17, 15) is 48.3 Å². The van der Waals surface area contributed by atoms with E-state index in [1.165, 1.54) is 0 Å². The average Bonchev–Trinajstić information content (AvgIpc) is 1.96. The Hall–Kier alpha value is -0.810. The predicted molar refractivity (Wildman–Crippen MR) is 32.6 cm³/mol. The number of halogens is 11. The van der Waals surface area contributed by atoms with Crippen molar-refractivity contribution in [1.29, 1.82) is 0 Å². The summed E-state index contributed by atoms with van der Waals surface area (Å²) < 4.78 is 133. The molecule has 0 saturated heterocycles. The van der Waals surface area contributed by atoms with Gasteiger partial charge in [-0.3, -0.25) is 4.74 Å². The van der Waals surface area contributed by atoms with Crippen molar-refractivity contribution in [3.63, 3.8) is 0 Å². The molecule has 0 N–H and O–H groups in total. The zero-order chi connectivity index (χ0) is 15.2. The SMILES string of the molecule is CC(F)(OC(F)(F)C(F)(F)C(F)(F)F)C(F)(F)F. The van der Waals surface area contributed by atoms with Crippen LogP contribution in [0.4, 0.5) is 48.3 Å². The van der Waals surface area contributed by atoms with Gasteiger partial charge in [-0.25, -0.2) is 4.39 Å². The van der Waals surface area contributed by atoms with Gasteiger partial charge in [0.2, 0.25) is 0 Å². The highest BCUT2D eigenvalue weighted by atomic mass is 19.4. The standard InChI is InChI=1S/C6H3F11O/c1-2(7,4(10,11)12)18-6(16,17)3(8,9)5(13,14)15/h1H3. The van der Waals surface area contributed by atoms with Crippen LogP contribution in [0.1, 0.15) is 6.92 Å². The zero-order valence-corrected chi connectivity index (χ0v) is 8.07. The normalized spacial score (nSPS) is 18.7. The maximum atomic E-state index is 12.5. The fraction of sp³-hybridized carbons (Fsp3) is 1.00. The molecule has 18 heavy (non-hydrogen) atoms. The number of hydrogen-bond acceptors (Lipinski definition) is 1. The molecule has 0 aromatic heterocycles. The molecule has 0 aliphatic rings. The summed E-state index contributed by atoms with van der Waals surface area (Å²) in [4.78, 5) is 0. The zero-order valence-electron chi connectivity index (χ0n) is 8.07. The second-order valence-electron chi connectivity index (χ2n) is 3.11. The largest absolute Gasteiger partial charge is 0.462 e. The van der Waals surface area contributed by atoms with Gasteiger partial charge < -0.3 is 0 Å². The number of hydrogen-bond donors (Lipinski definition) is 0. The summed E-state index contributed by atoms with van der Waals surface area (Å²) in [7, 11) is 0. The Morgan fingerprint density at radius 2 is 0.944 bits per heavy atom. The van der Waals surface area contributed by atoms with E-state index in [2.05, 4.69) is 0 Å². The van der Waals surface area contributed by atoms with Gasteiger partial charge in [0.15, 0.2) is 0 Å². The van der Waals surface area contributed by atoms with Crippen LogP contribution >= 0.6 is 0 Å². The van der Waals surface area contributed by atoms with Gasteiger partial charge in [-0.1, -0.05) is 0 Å². The number of ether oxygens (including phenoxy) is 1. The maximum Gasteiger partial charge on any atom is 0.462 e. The molecule has 0 heterocycles. The molecular weight excluding hydrogens is 297 g/mol. The van der Waals surface area contributed by atoms with Gasteiger partial charge in [0, 0.05) is 6.92 Å². The molecule has 0 bridgehead atoms. The highest BCUT2D eigenvalue weighted by molar-refractivity contribution is 4.87. The van der Waals surface area contributed by atoms with E-state index < -0.39 is 37.2 Å². The summed E-state index contributed by atoms with van der Waals surface area (Å²) in [6, 6.07) is 0. The first-order valence-corrected chi connectivity index (χ1v) is 3.74. The van der Waals surface area contributed by atoms with E-state index in [0.29, 0.717) is 0 Å². The molecule has 0 aromatic rings. The van der Waals surface area contributed by atoms with Crippen molar-refractivity contribution in [1.82, 2.24) is 0 Å². The molecule has 0 aliphatic heterocycles. The van der Waals surface area contributed by atoms with Crippen LogP contribution in [0, 0.1) is 0 Å². The lowest BCUT2D eigenvalue weighted by Crippen LogP contribution is -2.58. The van der Waals surface area contributed by atoms with Gasteiger partial charge in [-0.15, -0.1) is 0 Å². The fourth-order valence-electron chi connectivity index (χ4n) is 0.528. The minimum absolute atomic E-state index is 0.770. The third kappa shape index (κ3) is 2.95. The van der Waals surface area contributed by atoms with Gasteiger partial charge in [-0.05, 0) is 0 Å². The monoisotopic (exact) mass is 300 g/mol. The van der Waals surface area contributed by atoms with Crippen LogP contribution in [-0.4, -0.2) is 30.2 Å². The molecule has 0 fully saturated rings. The molecule has 0 spiro atoms. The first kappa shape index (κ1) is 17.2. The van der Waals surface area contributed by atoms with E-state index >= 15 is 0 Å². The van der Waals surface area contributed by atoms with Crippen molar-refractivity contribution in [2.45, 2.75) is 37.2 Å². The quantitative estimate of drug-likeness (QED) is 0.715. The lowest BCUT2D eigenvalue weighted by atomic mass is 10.3. The fourth-order valence-corrected chi connectivity index (χ4v) is 0.528. The summed E-state index contributed by atoms with van der Waals surface area (Å²) in [5.74, 6) is -12.4. The molecular formula is C6H3F11O. The predicted octanol–water partition coefficient (Wildman–Crippen LogP) is 4.04. The van der Waals surface area contributed by atoms with Crippen molar-refractivity contribution >= 4 is 0 Å². The molecule has 0 rings (SSSR count). The summed E-state index contributed by atoms with van der Waals surface area (Å²) >= 11 is 0. The van der Waals surface area contributed by atoms with E-state index in [4.69, 9.17) is 0 Å². The molecule has 1 nitrogen and oxygen atoms in total. The van der Waals surface area contributed by atoms with Crippen LogP contribution in [-0.2, 0) is 4.74 Å². The van der Waals surface area contributed by atoms with Crippen molar-refractivity contribution in [3.05, 3.63) is 0 Å². The third-order valence-electron chi connectivity index (χ3n) is 1.55. The van der Waals surface area contributed by atoms with Crippen LogP contribution in [0.25, 0.3) is 0 Å². The smallest absolute Gasteiger partial charge is 0.269 e. The van der Waals surface area contributed by atoms with Crippen molar-refractivity contribution < 1.29 is 53.0 Å². The van der Waals surface area contributed by atoms with Crippen molar-refractivity contribution in [2.75, 3.05) is 0 Å². The third-order valence-corrected chi connectivity index (χ3v) is 1.55. The Morgan fingerprint density at radius 1 is 0.611 bits per heavy atom. The molecule has 0 aromatic carbocycles. The van der Waals surface area contributed by atoms with Gasteiger partial charge >= 0.3 is 30.2 Å². The lowest BCUT2D eigenvalue weighted by molar-refractivity contribution is -0.479. The Kier molecular flexibility index (Phi) is 3.91. The molecule has 0 aliphatic carbocycles. The topological polar surface area (TPSA) is 9.23 Å². The molecule has 0 amide bonds. The second kappa shape index (κ2) is 4.10. The lowest BCUT2D eigenvalue weighted by Gasteiger charge is -2.33. The maximum absolute atomic E-state index is 12.5. The molecule has 1 unspecified atom stereocenters. The van der Waals surface area contributed by atoms with Gasteiger partial charge in [0.05, 0.1) is 0 Å². The molecule has 110 valence electrons. The van der Waals surface area contributed by atoms with Crippen LogP contribution in [0.5, 0.6) is 0 Å². The summed E-state index contributed by atoms with van der Waals surface area (Å²) in [5.41, 5.74) is 0. The van der Waals surface area contributed by atoms with E-state index in [0.717, 1.165) is 0 Å². The molecule has 0 saturated carbocycles. The van der Waals surface area contributed by atoms with Crippen molar-refractivity contribution in [3.8, 4) is 0 Å². The molecule has 12 heteroatoms. The van der Waals surface area contributed by atoms with Gasteiger partial charge in [0.1, 0.15) is 0 Å². The van der Waals surface area contributed by atoms with Gasteiger partial charge in [0.25, 0.3) is 0 Å². The first-order valence-electron chi connectivity index (χ1n) is 3.74. The summed E-state index contributed by atoms with van der Waals surface area (Å²) in [6.45, 7) is -0.770. The molecule has 0 radical (unpaired) electrons. The molecule has 1 atom stereocenters. The van der Waals surface area contributed by atoms with E-state index in [-0.39, 0.29) is 0 Å². The Morgan fingerprint density at radius 3 is 1.17 bits per heavy atom. The summed E-state index contributed by atoms with van der Waals surface area (Å²) in [6.07, 6.45) is -19.9. The average molecular weight is 300 g/mol. The summed E-state index contributed by atoms with van der Waals surface area (Å²) in [5, 5.41) is 0. The second-order valence-corrected chi connectivity index (χ2v) is 3.11. The van der Waals surface area contributed by atoms with Crippen LogP contribution in [0.15, 0.2) is 0 Å². The van der Waals surface area contributed by atoms with E-state index in [1.54, 1.807) is 0 Å². The van der Waals surface area contributed by atoms with Crippen LogP contribution in [0.3, 0.4) is 0 Å². The minimum Gasteiger partial charge on any atom is -0.269 e. The van der Waals surface area contributed by atoms with E-state index in [1.807, 2.05) is 4.74 Å². The van der Waals surface area contributed by atoms with Crippen molar-refractivity contribution in [2.24, 2.45) is 0 Å². The highest BCUT2D eigenvalue weighted by Crippen LogP contribution is 2.50. The number of alkyl halides is 11. The Balaban J connectivity index is 5.33. The Labute approximate surface area is 91.5 Å². The van der Waals surface area contributed by atoms with Crippen LogP contribution in [0.2, 0.25) is 0 Å². The number of rotatable bonds is 3. The highest BCUT2D eigenvalue weighted by Gasteiger charge is 2.77.